The van der Waals surface area contributed by atoms with Gasteiger partial charge in [-0.25, -0.2) is 4.98 Å². The minimum atomic E-state index is 0.870. The van der Waals surface area contributed by atoms with Gasteiger partial charge in [-0.15, -0.1) is 0 Å². The number of hydrogen-bond donors (Lipinski definition) is 1. The van der Waals surface area contributed by atoms with Crippen LogP contribution in [0.15, 0.2) is 29.0 Å². The van der Waals surface area contributed by atoms with Gasteiger partial charge in [0.25, 0.3) is 0 Å². The molecule has 0 spiro atoms. The monoisotopic (exact) mass is 226 g/mol. The highest BCUT2D eigenvalue weighted by molar-refractivity contribution is 9.10. The molecule has 0 aromatic carbocycles. The zero-order valence-electron chi connectivity index (χ0n) is 6.92. The summed E-state index contributed by atoms with van der Waals surface area (Å²) in [5.74, 6) is 0. The number of hydrogen-bond acceptors (Lipinski definition) is 2. The fraction of sp³-hybridized carbons (Fsp3) is 0.222. The number of pyridine rings is 1. The Kier molecular flexibility index (Phi) is 3.97. The first-order valence-corrected chi connectivity index (χ1v) is 4.55. The molecule has 0 atom stereocenters. The molecule has 0 aliphatic rings. The highest BCUT2D eigenvalue weighted by Gasteiger charge is 1.88. The molecule has 0 bridgehead atoms. The lowest BCUT2D eigenvalue weighted by Crippen LogP contribution is -2.03. The Morgan fingerprint density at radius 2 is 2.50 bits per heavy atom. The lowest BCUT2D eigenvalue weighted by Gasteiger charge is -1.93. The molecule has 12 heavy (non-hydrogen) atoms. The summed E-state index contributed by atoms with van der Waals surface area (Å²) in [6, 6.07) is 3.95. The van der Waals surface area contributed by atoms with Crippen molar-refractivity contribution < 1.29 is 0 Å². The molecule has 1 aromatic rings. The lowest BCUT2D eigenvalue weighted by molar-refractivity contribution is 0.922. The zero-order valence-corrected chi connectivity index (χ0v) is 8.51. The number of likely N-dealkylation sites (N-methyl/N-ethyl adjacent to an activating group) is 1. The topological polar surface area (TPSA) is 24.9 Å². The van der Waals surface area contributed by atoms with E-state index in [2.05, 4.69) is 38.4 Å². The van der Waals surface area contributed by atoms with Crippen LogP contribution in [0.3, 0.4) is 0 Å². The van der Waals surface area contributed by atoms with Crippen molar-refractivity contribution in [3.8, 4) is 0 Å². The molecule has 0 saturated carbocycles. The van der Waals surface area contributed by atoms with Gasteiger partial charge in [-0.1, -0.05) is 12.2 Å². The number of nitrogens with zero attached hydrogens (tertiary/aromatic N) is 1. The molecule has 1 heterocycles. The Morgan fingerprint density at radius 3 is 3.17 bits per heavy atom. The Balaban J connectivity index is 2.63. The smallest absolute Gasteiger partial charge is 0.106 e. The van der Waals surface area contributed by atoms with Gasteiger partial charge >= 0.3 is 0 Å². The Labute approximate surface area is 80.8 Å². The molecule has 0 aliphatic carbocycles. The average Bonchev–Trinajstić information content (AvgIpc) is 2.05. The van der Waals surface area contributed by atoms with E-state index in [0.29, 0.717) is 0 Å². The molecule has 0 fully saturated rings. The van der Waals surface area contributed by atoms with Crippen LogP contribution in [0.5, 0.6) is 0 Å². The summed E-state index contributed by atoms with van der Waals surface area (Å²) in [5.41, 5.74) is 1.16. The van der Waals surface area contributed by atoms with Crippen LogP contribution in [-0.4, -0.2) is 18.6 Å². The van der Waals surface area contributed by atoms with Crippen LogP contribution < -0.4 is 5.32 Å². The van der Waals surface area contributed by atoms with Gasteiger partial charge < -0.3 is 5.32 Å². The maximum atomic E-state index is 4.04. The minimum absolute atomic E-state index is 0.870. The van der Waals surface area contributed by atoms with Crippen LogP contribution >= 0.6 is 15.9 Å². The largest absolute Gasteiger partial charge is 0.316 e. The van der Waals surface area contributed by atoms with Gasteiger partial charge in [0.2, 0.25) is 0 Å². The van der Waals surface area contributed by atoms with E-state index >= 15 is 0 Å². The SMILES string of the molecule is CNCC=Cc1ccnc(Br)c1. The van der Waals surface area contributed by atoms with E-state index in [-0.39, 0.29) is 0 Å². The van der Waals surface area contributed by atoms with Crippen LogP contribution in [0.25, 0.3) is 6.08 Å². The molecule has 2 nitrogen and oxygen atoms in total. The highest BCUT2D eigenvalue weighted by Crippen LogP contribution is 2.08. The van der Waals surface area contributed by atoms with Crippen LogP contribution in [0.2, 0.25) is 0 Å². The third-order valence-corrected chi connectivity index (χ3v) is 1.82. The molecule has 0 radical (unpaired) electrons. The van der Waals surface area contributed by atoms with Crippen molar-refractivity contribution in [2.45, 2.75) is 0 Å². The molecule has 64 valence electrons. The Morgan fingerprint density at radius 1 is 1.67 bits per heavy atom. The molecular weight excluding hydrogens is 216 g/mol. The van der Waals surface area contributed by atoms with E-state index in [1.54, 1.807) is 6.20 Å². The quantitative estimate of drug-likeness (QED) is 0.799. The predicted octanol–water partition coefficient (Wildman–Crippen LogP) is 2.08. The summed E-state index contributed by atoms with van der Waals surface area (Å²) in [6.07, 6.45) is 5.91. The van der Waals surface area contributed by atoms with Crippen molar-refractivity contribution in [3.05, 3.63) is 34.6 Å². The number of rotatable bonds is 3. The lowest BCUT2D eigenvalue weighted by atomic mass is 10.2. The molecule has 0 aliphatic heterocycles. The van der Waals surface area contributed by atoms with E-state index in [4.69, 9.17) is 0 Å². The zero-order chi connectivity index (χ0) is 8.81. The molecular formula is C9H11BrN2. The Bertz CT molecular complexity index is 271. The van der Waals surface area contributed by atoms with Crippen molar-refractivity contribution in [3.63, 3.8) is 0 Å². The van der Waals surface area contributed by atoms with Crippen molar-refractivity contribution in [2.24, 2.45) is 0 Å². The number of halogens is 1. The van der Waals surface area contributed by atoms with Gasteiger partial charge in [0.15, 0.2) is 0 Å². The average molecular weight is 227 g/mol. The standard InChI is InChI=1S/C9H11BrN2/c1-11-5-2-3-8-4-6-12-9(10)7-8/h2-4,6-7,11H,5H2,1H3. The molecule has 0 saturated heterocycles. The fourth-order valence-corrected chi connectivity index (χ4v) is 1.22. The van der Waals surface area contributed by atoms with Crippen LogP contribution in [0.4, 0.5) is 0 Å². The van der Waals surface area contributed by atoms with Gasteiger partial charge in [-0.05, 0) is 40.7 Å². The first kappa shape index (κ1) is 9.42. The first-order chi connectivity index (χ1) is 5.83. The molecule has 1 N–H and O–H groups in total. The van der Waals surface area contributed by atoms with E-state index in [9.17, 15) is 0 Å². The van der Waals surface area contributed by atoms with Crippen LogP contribution in [0.1, 0.15) is 5.56 Å². The van der Waals surface area contributed by atoms with Crippen molar-refractivity contribution >= 4 is 22.0 Å². The van der Waals surface area contributed by atoms with Crippen LogP contribution in [-0.2, 0) is 0 Å². The second-order valence-corrected chi connectivity index (χ2v) is 3.18. The highest BCUT2D eigenvalue weighted by atomic mass is 79.9. The normalized spacial score (nSPS) is 10.8. The second kappa shape index (κ2) is 5.06. The third-order valence-electron chi connectivity index (χ3n) is 1.38. The van der Waals surface area contributed by atoms with Crippen LogP contribution in [0, 0.1) is 0 Å². The Hall–Kier alpha value is -0.670. The summed E-state index contributed by atoms with van der Waals surface area (Å²) in [4.78, 5) is 4.04. The molecule has 0 amide bonds. The molecule has 0 unspecified atom stereocenters. The third kappa shape index (κ3) is 3.15. The van der Waals surface area contributed by atoms with Crippen molar-refractivity contribution in [1.29, 1.82) is 0 Å². The minimum Gasteiger partial charge on any atom is -0.316 e. The maximum Gasteiger partial charge on any atom is 0.106 e. The fourth-order valence-electron chi connectivity index (χ4n) is 0.834. The molecule has 3 heteroatoms. The number of aromatic nitrogens is 1. The second-order valence-electron chi connectivity index (χ2n) is 2.37. The predicted molar refractivity (Wildman–Crippen MR) is 54.9 cm³/mol. The van der Waals surface area contributed by atoms with E-state index in [1.165, 1.54) is 0 Å². The summed E-state index contributed by atoms with van der Waals surface area (Å²) in [5, 5.41) is 3.04. The maximum absolute atomic E-state index is 4.04. The van der Waals surface area contributed by atoms with Gasteiger partial charge in [-0.3, -0.25) is 0 Å². The van der Waals surface area contributed by atoms with Gasteiger partial charge in [0, 0.05) is 12.7 Å². The number of nitrogens with one attached hydrogen (secondary N) is 1. The molecule has 1 aromatic heterocycles. The summed E-state index contributed by atoms with van der Waals surface area (Å²) < 4.78 is 0.870. The van der Waals surface area contributed by atoms with Gasteiger partial charge in [0.05, 0.1) is 0 Å². The van der Waals surface area contributed by atoms with E-state index < -0.39 is 0 Å². The van der Waals surface area contributed by atoms with E-state index in [0.717, 1.165) is 16.7 Å². The summed E-state index contributed by atoms with van der Waals surface area (Å²) >= 11 is 3.31. The first-order valence-electron chi connectivity index (χ1n) is 3.75. The van der Waals surface area contributed by atoms with Gasteiger partial charge in [0.1, 0.15) is 4.60 Å². The van der Waals surface area contributed by atoms with Crippen molar-refractivity contribution in [2.75, 3.05) is 13.6 Å². The van der Waals surface area contributed by atoms with Gasteiger partial charge in [-0.2, -0.15) is 0 Å². The summed E-state index contributed by atoms with van der Waals surface area (Å²) in [6.45, 7) is 0.889. The summed E-state index contributed by atoms with van der Waals surface area (Å²) in [7, 11) is 1.92. The molecule has 1 rings (SSSR count). The van der Waals surface area contributed by atoms with E-state index in [1.807, 2.05) is 19.2 Å². The van der Waals surface area contributed by atoms with Crippen molar-refractivity contribution in [1.82, 2.24) is 10.3 Å².